The minimum Gasteiger partial charge on any atom is -0.441 e. The summed E-state index contributed by atoms with van der Waals surface area (Å²) in [6.07, 6.45) is -3.22. The Hall–Kier alpha value is -4.07. The topological polar surface area (TPSA) is 56.1 Å². The fraction of sp³-hybridized carbons (Fsp3) is 0.214. The van der Waals surface area contributed by atoms with Crippen molar-refractivity contribution in [2.45, 2.75) is 38.0 Å². The Kier molecular flexibility index (Phi) is 6.26. The SMILES string of the molecule is C[C@@H](OC(=O)Nc1c(C(F)(F)F)cnn1-c1ccc(-c2ccc(C3CC3)cc2)cc1)c1ccccc1. The van der Waals surface area contributed by atoms with Gasteiger partial charge in [0, 0.05) is 0 Å². The Morgan fingerprint density at radius 1 is 0.972 bits per heavy atom. The van der Waals surface area contributed by atoms with E-state index in [4.69, 9.17) is 4.74 Å². The third-order valence-electron chi connectivity index (χ3n) is 6.25. The average molecular weight is 492 g/mol. The molecule has 1 aliphatic carbocycles. The number of nitrogens with zero attached hydrogens (tertiary/aromatic N) is 2. The zero-order chi connectivity index (χ0) is 25.3. The molecule has 1 amide bonds. The Morgan fingerprint density at radius 2 is 1.58 bits per heavy atom. The minimum absolute atomic E-state index is 0.371. The molecule has 5 nitrogen and oxygen atoms in total. The summed E-state index contributed by atoms with van der Waals surface area (Å²) < 4.78 is 47.4. The van der Waals surface area contributed by atoms with Crippen LogP contribution in [0.5, 0.6) is 0 Å². The van der Waals surface area contributed by atoms with E-state index in [9.17, 15) is 18.0 Å². The molecular formula is C28H24F3N3O2. The minimum atomic E-state index is -4.71. The van der Waals surface area contributed by atoms with Crippen LogP contribution in [0.25, 0.3) is 16.8 Å². The molecule has 0 spiro atoms. The highest BCUT2D eigenvalue weighted by atomic mass is 19.4. The number of halogens is 3. The summed E-state index contributed by atoms with van der Waals surface area (Å²) in [5.41, 5.74) is 3.30. The molecule has 0 unspecified atom stereocenters. The summed E-state index contributed by atoms with van der Waals surface area (Å²) >= 11 is 0. The number of alkyl halides is 3. The molecule has 1 heterocycles. The second-order valence-corrected chi connectivity index (χ2v) is 8.84. The number of ether oxygens (including phenoxy) is 1. The van der Waals surface area contributed by atoms with Gasteiger partial charge in [0.15, 0.2) is 5.82 Å². The predicted molar refractivity (Wildman–Crippen MR) is 131 cm³/mol. The number of carbonyl (C=O) groups is 1. The molecule has 1 aromatic heterocycles. The molecule has 1 fully saturated rings. The predicted octanol–water partition coefficient (Wildman–Crippen LogP) is 7.75. The summed E-state index contributed by atoms with van der Waals surface area (Å²) in [6.45, 7) is 1.65. The standard InChI is InChI=1S/C28H24F3N3O2/c1-18(19-5-3-2-4-6-19)36-27(35)33-26-25(28(29,30)31)17-32-34(26)24-15-13-23(14-16-24)22-11-9-21(10-12-22)20-7-8-20/h2-6,9-18,20H,7-8H2,1H3,(H,33,35)/t18-/m1/s1. The van der Waals surface area contributed by atoms with Crippen LogP contribution in [0.2, 0.25) is 0 Å². The van der Waals surface area contributed by atoms with Crippen molar-refractivity contribution >= 4 is 11.9 Å². The van der Waals surface area contributed by atoms with Gasteiger partial charge in [0.05, 0.1) is 11.9 Å². The van der Waals surface area contributed by atoms with Crippen LogP contribution in [-0.2, 0) is 10.9 Å². The van der Waals surface area contributed by atoms with E-state index in [1.165, 1.54) is 18.4 Å². The van der Waals surface area contributed by atoms with Crippen LogP contribution in [-0.4, -0.2) is 15.9 Å². The van der Waals surface area contributed by atoms with Gasteiger partial charge in [-0.1, -0.05) is 66.7 Å². The summed E-state index contributed by atoms with van der Waals surface area (Å²) in [4.78, 5) is 12.5. The van der Waals surface area contributed by atoms with Gasteiger partial charge in [0.1, 0.15) is 11.7 Å². The summed E-state index contributed by atoms with van der Waals surface area (Å²) in [7, 11) is 0. The molecule has 1 saturated carbocycles. The largest absolute Gasteiger partial charge is 0.441 e. The molecule has 0 saturated heterocycles. The lowest BCUT2D eigenvalue weighted by Gasteiger charge is -2.16. The number of carbonyl (C=O) groups excluding carboxylic acids is 1. The number of amides is 1. The molecule has 0 radical (unpaired) electrons. The van der Waals surface area contributed by atoms with Crippen molar-refractivity contribution in [1.29, 1.82) is 0 Å². The fourth-order valence-corrected chi connectivity index (χ4v) is 4.11. The third-order valence-corrected chi connectivity index (χ3v) is 6.25. The highest BCUT2D eigenvalue weighted by Gasteiger charge is 2.37. The van der Waals surface area contributed by atoms with Crippen molar-refractivity contribution in [2.75, 3.05) is 5.32 Å². The zero-order valence-electron chi connectivity index (χ0n) is 19.5. The molecule has 8 heteroatoms. The van der Waals surface area contributed by atoms with E-state index in [0.717, 1.165) is 21.4 Å². The van der Waals surface area contributed by atoms with Gasteiger partial charge in [-0.25, -0.2) is 9.48 Å². The number of hydrogen-bond acceptors (Lipinski definition) is 3. The van der Waals surface area contributed by atoms with Gasteiger partial charge in [0.2, 0.25) is 0 Å². The van der Waals surface area contributed by atoms with Crippen molar-refractivity contribution in [3.05, 3.63) is 102 Å². The Labute approximate surface area is 206 Å². The number of benzene rings is 3. The smallest absolute Gasteiger partial charge is 0.421 e. The first kappa shape index (κ1) is 23.7. The third kappa shape index (κ3) is 5.12. The normalized spacial score (nSPS) is 14.3. The van der Waals surface area contributed by atoms with Crippen LogP contribution in [0.15, 0.2) is 85.1 Å². The van der Waals surface area contributed by atoms with Crippen molar-refractivity contribution in [3.8, 4) is 16.8 Å². The van der Waals surface area contributed by atoms with Crippen LogP contribution in [0.1, 0.15) is 48.5 Å². The highest BCUT2D eigenvalue weighted by Crippen LogP contribution is 2.40. The van der Waals surface area contributed by atoms with Crippen molar-refractivity contribution in [1.82, 2.24) is 9.78 Å². The molecular weight excluding hydrogens is 467 g/mol. The van der Waals surface area contributed by atoms with Crippen LogP contribution in [0.3, 0.4) is 0 Å². The van der Waals surface area contributed by atoms with E-state index in [-0.39, 0.29) is 0 Å². The van der Waals surface area contributed by atoms with Gasteiger partial charge in [-0.3, -0.25) is 5.32 Å². The zero-order valence-corrected chi connectivity index (χ0v) is 19.5. The van der Waals surface area contributed by atoms with Crippen molar-refractivity contribution in [2.24, 2.45) is 0 Å². The molecule has 4 aromatic rings. The van der Waals surface area contributed by atoms with Crippen molar-refractivity contribution < 1.29 is 22.7 Å². The molecule has 5 rings (SSSR count). The molecule has 184 valence electrons. The highest BCUT2D eigenvalue weighted by molar-refractivity contribution is 5.85. The number of aromatic nitrogens is 2. The molecule has 1 atom stereocenters. The maximum absolute atomic E-state index is 13.7. The fourth-order valence-electron chi connectivity index (χ4n) is 4.11. The van der Waals surface area contributed by atoms with E-state index in [1.807, 2.05) is 18.2 Å². The van der Waals surface area contributed by atoms with E-state index in [2.05, 4.69) is 34.7 Å². The Balaban J connectivity index is 1.38. The lowest BCUT2D eigenvalue weighted by molar-refractivity contribution is -0.136. The molecule has 1 aliphatic rings. The molecule has 3 aromatic carbocycles. The summed E-state index contributed by atoms with van der Waals surface area (Å²) in [6, 6.07) is 24.2. The van der Waals surface area contributed by atoms with E-state index < -0.39 is 29.8 Å². The van der Waals surface area contributed by atoms with Crippen LogP contribution in [0.4, 0.5) is 23.8 Å². The van der Waals surface area contributed by atoms with Gasteiger partial charge in [0.25, 0.3) is 0 Å². The quantitative estimate of drug-likeness (QED) is 0.300. The van der Waals surface area contributed by atoms with Crippen LogP contribution >= 0.6 is 0 Å². The summed E-state index contributed by atoms with van der Waals surface area (Å²) in [5.74, 6) is 0.159. The maximum Gasteiger partial charge on any atom is 0.421 e. The van der Waals surface area contributed by atoms with Gasteiger partial charge >= 0.3 is 12.3 Å². The van der Waals surface area contributed by atoms with Crippen LogP contribution in [0, 0.1) is 0 Å². The molecule has 36 heavy (non-hydrogen) atoms. The maximum atomic E-state index is 13.7. The number of anilines is 1. The van der Waals surface area contributed by atoms with Gasteiger partial charge < -0.3 is 4.74 Å². The number of nitrogens with one attached hydrogen (secondary N) is 1. The second kappa shape index (κ2) is 9.53. The molecule has 1 N–H and O–H groups in total. The Morgan fingerprint density at radius 3 is 2.17 bits per heavy atom. The first-order chi connectivity index (χ1) is 17.3. The number of hydrogen-bond donors (Lipinski definition) is 1. The molecule has 0 bridgehead atoms. The first-order valence-corrected chi connectivity index (χ1v) is 11.7. The van der Waals surface area contributed by atoms with Crippen molar-refractivity contribution in [3.63, 3.8) is 0 Å². The first-order valence-electron chi connectivity index (χ1n) is 11.7. The van der Waals surface area contributed by atoms with Gasteiger partial charge in [-0.2, -0.15) is 18.3 Å². The monoisotopic (exact) mass is 491 g/mol. The van der Waals surface area contributed by atoms with E-state index >= 15 is 0 Å². The van der Waals surface area contributed by atoms with Gasteiger partial charge in [-0.15, -0.1) is 0 Å². The van der Waals surface area contributed by atoms with E-state index in [1.54, 1.807) is 43.3 Å². The lowest BCUT2D eigenvalue weighted by atomic mass is 10.0. The number of rotatable bonds is 6. The lowest BCUT2D eigenvalue weighted by Crippen LogP contribution is -2.20. The summed E-state index contributed by atoms with van der Waals surface area (Å²) in [5, 5.41) is 6.16. The van der Waals surface area contributed by atoms with E-state index in [0.29, 0.717) is 17.8 Å². The van der Waals surface area contributed by atoms with Gasteiger partial charge in [-0.05, 0) is 60.1 Å². The Bertz CT molecular complexity index is 1340. The van der Waals surface area contributed by atoms with Crippen LogP contribution < -0.4 is 5.32 Å². The second-order valence-electron chi connectivity index (χ2n) is 8.84. The average Bonchev–Trinajstić information content (AvgIpc) is 3.64. The molecule has 0 aliphatic heterocycles.